The van der Waals surface area contributed by atoms with Crippen LogP contribution in [-0.2, 0) is 35.0 Å². The van der Waals surface area contributed by atoms with Gasteiger partial charge in [0.25, 0.3) is 5.69 Å². The topological polar surface area (TPSA) is 163 Å². The van der Waals surface area contributed by atoms with E-state index in [2.05, 4.69) is 15.3 Å². The first-order valence-electron chi connectivity index (χ1n) is 13.3. The minimum atomic E-state index is -0.989. The van der Waals surface area contributed by atoms with E-state index in [1.54, 1.807) is 38.4 Å². The fourth-order valence-electron chi connectivity index (χ4n) is 4.70. The number of hydrogen-bond acceptors (Lipinski definition) is 10. The number of non-ortho nitro benzene ring substituents is 1. The van der Waals surface area contributed by atoms with Gasteiger partial charge in [0.2, 0.25) is 0 Å². The smallest absolute Gasteiger partial charge is 0.336 e. The zero-order valence-electron chi connectivity index (χ0n) is 23.8. The number of nitro benzene ring substituents is 1. The molecule has 0 spiro atoms. The minimum absolute atomic E-state index is 0.0771. The number of nitrogens with zero attached hydrogens (tertiary/aromatic N) is 2. The van der Waals surface area contributed by atoms with Crippen LogP contribution >= 0.6 is 0 Å². The number of imidazole rings is 1. The maximum Gasteiger partial charge on any atom is 0.336 e. The Kier molecular flexibility index (Phi) is 9.84. The molecule has 3 aromatic rings. The van der Waals surface area contributed by atoms with Crippen LogP contribution in [0.15, 0.2) is 89.5 Å². The molecule has 0 fully saturated rings. The van der Waals surface area contributed by atoms with Gasteiger partial charge in [-0.2, -0.15) is 0 Å². The highest BCUT2D eigenvalue weighted by atomic mass is 16.6. The molecule has 0 radical (unpaired) electrons. The SMILES string of the molecule is COC(=O)C1=C(C)NC(C)=C(C(=O)OCCOC(=O)C=Cc2ccc(Cc3ncc[nH]3)cc2)C1c1cccc([N+](=O)[O-])c1. The number of aromatic amines is 1. The molecule has 43 heavy (non-hydrogen) atoms. The summed E-state index contributed by atoms with van der Waals surface area (Å²) >= 11 is 0. The van der Waals surface area contributed by atoms with Gasteiger partial charge >= 0.3 is 17.9 Å². The summed E-state index contributed by atoms with van der Waals surface area (Å²) in [6, 6.07) is 13.3. The van der Waals surface area contributed by atoms with Crippen molar-refractivity contribution >= 4 is 29.7 Å². The van der Waals surface area contributed by atoms with Crippen LogP contribution in [0.2, 0.25) is 0 Å². The fourth-order valence-corrected chi connectivity index (χ4v) is 4.70. The molecule has 222 valence electrons. The molecule has 1 unspecified atom stereocenters. The average Bonchev–Trinajstić information content (AvgIpc) is 3.51. The van der Waals surface area contributed by atoms with Crippen LogP contribution in [0.25, 0.3) is 6.08 Å². The minimum Gasteiger partial charge on any atom is -0.466 e. The highest BCUT2D eigenvalue weighted by molar-refractivity contribution is 6.00. The van der Waals surface area contributed by atoms with Gasteiger partial charge in [0, 0.05) is 48.4 Å². The summed E-state index contributed by atoms with van der Waals surface area (Å²) in [5.41, 5.74) is 3.04. The summed E-state index contributed by atoms with van der Waals surface area (Å²) in [7, 11) is 1.21. The van der Waals surface area contributed by atoms with Crippen LogP contribution in [0.1, 0.15) is 42.3 Å². The molecule has 0 amide bonds. The Labute approximate surface area is 247 Å². The Balaban J connectivity index is 1.37. The lowest BCUT2D eigenvalue weighted by atomic mass is 9.80. The number of esters is 3. The maximum atomic E-state index is 13.3. The number of nitro groups is 1. The van der Waals surface area contributed by atoms with E-state index in [1.807, 2.05) is 24.3 Å². The molecule has 2 heterocycles. The van der Waals surface area contributed by atoms with Gasteiger partial charge in [-0.15, -0.1) is 0 Å². The number of ether oxygens (including phenoxy) is 3. The first-order valence-corrected chi connectivity index (χ1v) is 13.3. The molecule has 0 saturated heterocycles. The summed E-state index contributed by atoms with van der Waals surface area (Å²) in [4.78, 5) is 56.3. The third-order valence-electron chi connectivity index (χ3n) is 6.68. The van der Waals surface area contributed by atoms with Crippen LogP contribution in [0.3, 0.4) is 0 Å². The lowest BCUT2D eigenvalue weighted by Crippen LogP contribution is -2.32. The van der Waals surface area contributed by atoms with E-state index in [-0.39, 0.29) is 30.0 Å². The van der Waals surface area contributed by atoms with E-state index in [0.717, 1.165) is 17.0 Å². The van der Waals surface area contributed by atoms with Gasteiger partial charge in [-0.05, 0) is 36.6 Å². The molecule has 2 N–H and O–H groups in total. The Morgan fingerprint density at radius 2 is 1.70 bits per heavy atom. The predicted octanol–water partition coefficient (Wildman–Crippen LogP) is 4.12. The van der Waals surface area contributed by atoms with E-state index in [4.69, 9.17) is 14.2 Å². The highest BCUT2D eigenvalue weighted by Crippen LogP contribution is 2.40. The molecule has 12 heteroatoms. The van der Waals surface area contributed by atoms with Gasteiger partial charge in [0.1, 0.15) is 19.0 Å². The van der Waals surface area contributed by atoms with Crippen molar-refractivity contribution in [2.24, 2.45) is 0 Å². The van der Waals surface area contributed by atoms with E-state index in [1.165, 1.54) is 31.4 Å². The van der Waals surface area contributed by atoms with Gasteiger partial charge in [0.05, 0.1) is 29.1 Å². The number of nitrogens with one attached hydrogen (secondary N) is 2. The van der Waals surface area contributed by atoms with Crippen LogP contribution in [0.5, 0.6) is 0 Å². The van der Waals surface area contributed by atoms with Gasteiger partial charge in [-0.3, -0.25) is 10.1 Å². The molecule has 0 saturated carbocycles. The molecule has 4 rings (SSSR count). The third-order valence-corrected chi connectivity index (χ3v) is 6.68. The second kappa shape index (κ2) is 13.9. The van der Waals surface area contributed by atoms with Gasteiger partial charge in [-0.1, -0.05) is 36.4 Å². The van der Waals surface area contributed by atoms with Crippen LogP contribution in [-0.4, -0.2) is 53.1 Å². The average molecular weight is 587 g/mol. The first kappa shape index (κ1) is 30.4. The maximum absolute atomic E-state index is 13.3. The van der Waals surface area contributed by atoms with Crippen molar-refractivity contribution in [2.45, 2.75) is 26.2 Å². The Morgan fingerprint density at radius 3 is 2.35 bits per heavy atom. The molecule has 1 aliphatic rings. The third kappa shape index (κ3) is 7.61. The number of benzene rings is 2. The second-order valence-corrected chi connectivity index (χ2v) is 9.57. The lowest BCUT2D eigenvalue weighted by Gasteiger charge is -2.30. The number of carbonyl (C=O) groups is 3. The predicted molar refractivity (Wildman–Crippen MR) is 155 cm³/mol. The highest BCUT2D eigenvalue weighted by Gasteiger charge is 2.38. The molecule has 2 aromatic carbocycles. The Hall–Kier alpha value is -5.52. The summed E-state index contributed by atoms with van der Waals surface area (Å²) < 4.78 is 15.5. The van der Waals surface area contributed by atoms with E-state index in [9.17, 15) is 24.5 Å². The number of hydrogen-bond donors (Lipinski definition) is 2. The first-order chi connectivity index (χ1) is 20.7. The van der Waals surface area contributed by atoms with Crippen molar-refractivity contribution in [1.29, 1.82) is 0 Å². The molecule has 0 aliphatic carbocycles. The van der Waals surface area contributed by atoms with Crippen molar-refractivity contribution in [3.05, 3.63) is 122 Å². The van der Waals surface area contributed by atoms with Crippen molar-refractivity contribution in [1.82, 2.24) is 15.3 Å². The Morgan fingerprint density at radius 1 is 1.00 bits per heavy atom. The molecule has 1 aromatic heterocycles. The number of dihydropyridines is 1. The molecular formula is C31H30N4O8. The Bertz CT molecular complexity index is 1600. The standard InChI is InChI=1S/C31H30N4O8/c1-19-27(30(37)41-3)29(23-5-4-6-24(18-23)35(39)40)28(20(2)34-19)31(38)43-16-15-42-26(36)12-11-21-7-9-22(10-8-21)17-25-32-13-14-33-25/h4-14,18,29,34H,15-17H2,1-3H3,(H,32,33). The molecule has 0 bridgehead atoms. The molecular weight excluding hydrogens is 556 g/mol. The van der Waals surface area contributed by atoms with Crippen molar-refractivity contribution in [2.75, 3.05) is 20.3 Å². The summed E-state index contributed by atoms with van der Waals surface area (Å²) in [5.74, 6) is -2.24. The zero-order chi connectivity index (χ0) is 30.9. The van der Waals surface area contributed by atoms with Crippen LogP contribution < -0.4 is 5.32 Å². The van der Waals surface area contributed by atoms with Crippen molar-refractivity contribution in [3.8, 4) is 0 Å². The molecule has 1 atom stereocenters. The lowest BCUT2D eigenvalue weighted by molar-refractivity contribution is -0.384. The quantitative estimate of drug-likeness (QED) is 0.0835. The zero-order valence-corrected chi connectivity index (χ0v) is 23.8. The summed E-state index contributed by atoms with van der Waals surface area (Å²) in [6.45, 7) is 2.81. The number of H-pyrrole nitrogens is 1. The monoisotopic (exact) mass is 586 g/mol. The van der Waals surface area contributed by atoms with Crippen LogP contribution in [0.4, 0.5) is 5.69 Å². The fraction of sp³-hybridized carbons (Fsp3) is 0.226. The van der Waals surface area contributed by atoms with Gasteiger partial charge in [-0.25, -0.2) is 19.4 Å². The number of aromatic nitrogens is 2. The number of rotatable bonds is 11. The molecule has 1 aliphatic heterocycles. The van der Waals surface area contributed by atoms with Gasteiger partial charge < -0.3 is 24.5 Å². The van der Waals surface area contributed by atoms with E-state index in [0.29, 0.717) is 23.4 Å². The van der Waals surface area contributed by atoms with Crippen molar-refractivity contribution in [3.63, 3.8) is 0 Å². The normalized spacial score (nSPS) is 14.8. The van der Waals surface area contributed by atoms with Crippen molar-refractivity contribution < 1.29 is 33.5 Å². The largest absolute Gasteiger partial charge is 0.466 e. The van der Waals surface area contributed by atoms with E-state index >= 15 is 0 Å². The summed E-state index contributed by atoms with van der Waals surface area (Å²) in [5, 5.41) is 14.4. The number of methoxy groups -OCH3 is 1. The molecule has 12 nitrogen and oxygen atoms in total. The van der Waals surface area contributed by atoms with Gasteiger partial charge in [0.15, 0.2) is 0 Å². The second-order valence-electron chi connectivity index (χ2n) is 9.57. The van der Waals surface area contributed by atoms with E-state index < -0.39 is 28.7 Å². The number of allylic oxidation sites excluding steroid dienone is 2. The number of carbonyl (C=O) groups excluding carboxylic acids is 3. The summed E-state index contributed by atoms with van der Waals surface area (Å²) in [6.07, 6.45) is 7.01. The van der Waals surface area contributed by atoms with Crippen LogP contribution in [0, 0.1) is 10.1 Å².